The van der Waals surface area contributed by atoms with Crippen LogP contribution in [-0.4, -0.2) is 10.9 Å². The van der Waals surface area contributed by atoms with Crippen LogP contribution in [0.4, 0.5) is 0 Å². The average Bonchev–Trinajstić information content (AvgIpc) is 2.46. The Labute approximate surface area is 113 Å². The van der Waals surface area contributed by atoms with Gasteiger partial charge in [-0.1, -0.05) is 49.4 Å². The van der Waals surface area contributed by atoms with Gasteiger partial charge in [0, 0.05) is 6.42 Å². The Kier molecular flexibility index (Phi) is 4.35. The molecule has 0 saturated heterocycles. The fourth-order valence-corrected chi connectivity index (χ4v) is 2.27. The summed E-state index contributed by atoms with van der Waals surface area (Å²) in [5.74, 6) is 0.262. The molecule has 0 unspecified atom stereocenters. The van der Waals surface area contributed by atoms with Gasteiger partial charge in [-0.05, 0) is 30.0 Å². The number of phenols is 1. The maximum absolute atomic E-state index is 12.2. The Bertz CT molecular complexity index is 546. The van der Waals surface area contributed by atoms with E-state index in [-0.39, 0.29) is 17.5 Å². The Morgan fingerprint density at radius 1 is 1.05 bits per heavy atom. The minimum absolute atomic E-state index is 0.00574. The van der Waals surface area contributed by atoms with Crippen LogP contribution in [0.2, 0.25) is 0 Å². The average molecular weight is 254 g/mol. The van der Waals surface area contributed by atoms with E-state index in [2.05, 4.69) is 6.92 Å². The number of para-hydroxylation sites is 1. The van der Waals surface area contributed by atoms with Crippen LogP contribution in [0.1, 0.15) is 41.6 Å². The summed E-state index contributed by atoms with van der Waals surface area (Å²) < 4.78 is 0. The smallest absolute Gasteiger partial charge is 0.167 e. The summed E-state index contributed by atoms with van der Waals surface area (Å²) in [6.07, 6.45) is 1.33. The van der Waals surface area contributed by atoms with Crippen molar-refractivity contribution in [2.45, 2.75) is 25.7 Å². The van der Waals surface area contributed by atoms with E-state index in [1.165, 1.54) is 5.56 Å². The summed E-state index contributed by atoms with van der Waals surface area (Å²) in [5, 5.41) is 9.72. The van der Waals surface area contributed by atoms with E-state index in [1.807, 2.05) is 30.3 Å². The molecule has 1 N–H and O–H groups in total. The minimum atomic E-state index is -0.00574. The molecule has 2 aromatic rings. The van der Waals surface area contributed by atoms with Crippen LogP contribution in [0.25, 0.3) is 0 Å². The third-order valence-corrected chi connectivity index (χ3v) is 3.40. The van der Waals surface area contributed by atoms with E-state index >= 15 is 0 Å². The molecule has 0 aromatic heterocycles. The van der Waals surface area contributed by atoms with Gasteiger partial charge in [0.1, 0.15) is 5.75 Å². The number of aromatic hydroxyl groups is 1. The number of phenolic OH excluding ortho intramolecular Hbond substituents is 1. The Hall–Kier alpha value is -2.09. The lowest BCUT2D eigenvalue weighted by Crippen LogP contribution is -2.07. The van der Waals surface area contributed by atoms with Crippen LogP contribution >= 0.6 is 0 Å². The molecule has 2 aromatic carbocycles. The van der Waals surface area contributed by atoms with Gasteiger partial charge in [-0.15, -0.1) is 0 Å². The van der Waals surface area contributed by atoms with Crippen LogP contribution in [-0.2, 0) is 0 Å². The second kappa shape index (κ2) is 6.19. The van der Waals surface area contributed by atoms with Crippen LogP contribution in [0.5, 0.6) is 5.75 Å². The predicted molar refractivity (Wildman–Crippen MR) is 76.5 cm³/mol. The third kappa shape index (κ3) is 3.22. The third-order valence-electron chi connectivity index (χ3n) is 3.40. The normalized spacial score (nSPS) is 12.1. The van der Waals surface area contributed by atoms with Crippen molar-refractivity contribution in [2.75, 3.05) is 0 Å². The standard InChI is InChI=1S/C17H18O2/c1-2-13(14-8-4-3-5-9-14)12-17(19)15-10-6-7-11-16(15)18/h3-11,13,18H,2,12H2,1H3/t13-/m0/s1. The summed E-state index contributed by atoms with van der Waals surface area (Å²) in [4.78, 5) is 12.2. The van der Waals surface area contributed by atoms with Gasteiger partial charge in [0.25, 0.3) is 0 Å². The van der Waals surface area contributed by atoms with Crippen molar-refractivity contribution in [3.05, 3.63) is 65.7 Å². The fourth-order valence-electron chi connectivity index (χ4n) is 2.27. The first kappa shape index (κ1) is 13.3. The summed E-state index contributed by atoms with van der Waals surface area (Å²) in [6.45, 7) is 2.08. The highest BCUT2D eigenvalue weighted by Gasteiger charge is 2.17. The van der Waals surface area contributed by atoms with Crippen molar-refractivity contribution < 1.29 is 9.90 Å². The first-order valence-electron chi connectivity index (χ1n) is 6.58. The molecule has 0 amide bonds. The molecule has 0 spiro atoms. The lowest BCUT2D eigenvalue weighted by atomic mass is 9.89. The zero-order valence-electron chi connectivity index (χ0n) is 11.0. The van der Waals surface area contributed by atoms with E-state index in [0.717, 1.165) is 6.42 Å². The second-order valence-electron chi connectivity index (χ2n) is 4.66. The van der Waals surface area contributed by atoms with Crippen molar-refractivity contribution in [3.63, 3.8) is 0 Å². The highest BCUT2D eigenvalue weighted by molar-refractivity contribution is 5.98. The van der Waals surface area contributed by atoms with E-state index in [1.54, 1.807) is 24.3 Å². The highest BCUT2D eigenvalue weighted by atomic mass is 16.3. The molecule has 1 atom stereocenters. The zero-order valence-corrected chi connectivity index (χ0v) is 11.0. The molecule has 0 bridgehead atoms. The molecule has 2 heteroatoms. The van der Waals surface area contributed by atoms with Gasteiger partial charge < -0.3 is 5.11 Å². The van der Waals surface area contributed by atoms with Crippen LogP contribution in [0.15, 0.2) is 54.6 Å². The topological polar surface area (TPSA) is 37.3 Å². The molecule has 2 nitrogen and oxygen atoms in total. The van der Waals surface area contributed by atoms with Gasteiger partial charge in [-0.3, -0.25) is 4.79 Å². The molecular formula is C17H18O2. The molecule has 98 valence electrons. The van der Waals surface area contributed by atoms with Gasteiger partial charge in [0.2, 0.25) is 0 Å². The number of carbonyl (C=O) groups is 1. The minimum Gasteiger partial charge on any atom is -0.507 e. The number of ketones is 1. The molecule has 0 heterocycles. The van der Waals surface area contributed by atoms with Crippen LogP contribution in [0.3, 0.4) is 0 Å². The summed E-state index contributed by atoms with van der Waals surface area (Å²) in [7, 11) is 0. The molecule has 0 aliphatic heterocycles. The number of Topliss-reactive ketones (excluding diaryl/α,β-unsaturated/α-hetero) is 1. The van der Waals surface area contributed by atoms with Crippen molar-refractivity contribution in [3.8, 4) is 5.75 Å². The molecule has 0 saturated carbocycles. The quantitative estimate of drug-likeness (QED) is 0.813. The van der Waals surface area contributed by atoms with Gasteiger partial charge >= 0.3 is 0 Å². The van der Waals surface area contributed by atoms with Gasteiger partial charge in [-0.25, -0.2) is 0 Å². The molecule has 2 rings (SSSR count). The zero-order chi connectivity index (χ0) is 13.7. The monoisotopic (exact) mass is 254 g/mol. The van der Waals surface area contributed by atoms with E-state index in [4.69, 9.17) is 0 Å². The van der Waals surface area contributed by atoms with Gasteiger partial charge in [0.05, 0.1) is 5.56 Å². The molecule has 0 aliphatic rings. The highest BCUT2D eigenvalue weighted by Crippen LogP contribution is 2.27. The summed E-state index contributed by atoms with van der Waals surface area (Å²) in [5.41, 5.74) is 1.59. The molecule has 19 heavy (non-hydrogen) atoms. The van der Waals surface area contributed by atoms with E-state index < -0.39 is 0 Å². The first-order valence-corrected chi connectivity index (χ1v) is 6.58. The second-order valence-corrected chi connectivity index (χ2v) is 4.66. The molecular weight excluding hydrogens is 236 g/mol. The molecule has 0 aliphatic carbocycles. The maximum Gasteiger partial charge on any atom is 0.167 e. The lowest BCUT2D eigenvalue weighted by molar-refractivity contribution is 0.0970. The number of rotatable bonds is 5. The Balaban J connectivity index is 2.16. The van der Waals surface area contributed by atoms with Crippen molar-refractivity contribution in [1.82, 2.24) is 0 Å². The Morgan fingerprint density at radius 2 is 1.68 bits per heavy atom. The largest absolute Gasteiger partial charge is 0.507 e. The molecule has 0 fully saturated rings. The summed E-state index contributed by atoms with van der Waals surface area (Å²) in [6, 6.07) is 16.8. The van der Waals surface area contributed by atoms with Crippen molar-refractivity contribution >= 4 is 5.78 Å². The summed E-state index contributed by atoms with van der Waals surface area (Å²) >= 11 is 0. The SMILES string of the molecule is CC[C@@H](CC(=O)c1ccccc1O)c1ccccc1. The fraction of sp³-hybridized carbons (Fsp3) is 0.235. The first-order chi connectivity index (χ1) is 9.22. The van der Waals surface area contributed by atoms with Crippen molar-refractivity contribution in [1.29, 1.82) is 0 Å². The number of hydrogen-bond acceptors (Lipinski definition) is 2. The number of benzene rings is 2. The number of hydrogen-bond donors (Lipinski definition) is 1. The van der Waals surface area contributed by atoms with E-state index in [0.29, 0.717) is 12.0 Å². The maximum atomic E-state index is 12.2. The van der Waals surface area contributed by atoms with Crippen molar-refractivity contribution in [2.24, 2.45) is 0 Å². The lowest BCUT2D eigenvalue weighted by Gasteiger charge is -2.14. The Morgan fingerprint density at radius 3 is 2.32 bits per heavy atom. The molecule has 0 radical (unpaired) electrons. The van der Waals surface area contributed by atoms with Gasteiger partial charge in [0.15, 0.2) is 5.78 Å². The van der Waals surface area contributed by atoms with Crippen LogP contribution in [0, 0.1) is 0 Å². The van der Waals surface area contributed by atoms with Gasteiger partial charge in [-0.2, -0.15) is 0 Å². The number of carbonyl (C=O) groups excluding carboxylic acids is 1. The van der Waals surface area contributed by atoms with Crippen LogP contribution < -0.4 is 0 Å². The van der Waals surface area contributed by atoms with E-state index in [9.17, 15) is 9.90 Å². The predicted octanol–water partition coefficient (Wildman–Crippen LogP) is 4.16.